The first kappa shape index (κ1) is 21.6. The quantitative estimate of drug-likeness (QED) is 0.457. The van der Waals surface area contributed by atoms with E-state index in [4.69, 9.17) is 9.15 Å². The minimum absolute atomic E-state index is 0.0342. The van der Waals surface area contributed by atoms with E-state index in [0.29, 0.717) is 29.9 Å². The topological polar surface area (TPSA) is 71.8 Å². The fourth-order valence-electron chi connectivity index (χ4n) is 2.78. The van der Waals surface area contributed by atoms with Gasteiger partial charge in [0.2, 0.25) is 5.91 Å². The Labute approximate surface area is 184 Å². The number of ether oxygens (including phenoxy) is 1. The molecule has 2 amide bonds. The number of hydrogen-bond acceptors (Lipinski definition) is 4. The van der Waals surface area contributed by atoms with Crippen LogP contribution in [0.2, 0.25) is 0 Å². The number of amides is 2. The third kappa shape index (κ3) is 6.49. The van der Waals surface area contributed by atoms with Crippen LogP contribution in [0.5, 0.6) is 5.75 Å². The minimum atomic E-state index is -0.331. The SMILES string of the molecule is CN(CCCOc1ccccc1)C(=O)Cc1ccc(NC(=O)c2ccc(Br)o2)cc1. The molecule has 0 bridgehead atoms. The van der Waals surface area contributed by atoms with E-state index in [1.807, 2.05) is 42.5 Å². The number of halogens is 1. The van der Waals surface area contributed by atoms with Gasteiger partial charge < -0.3 is 19.4 Å². The molecule has 0 aliphatic heterocycles. The molecule has 1 aromatic heterocycles. The number of anilines is 1. The molecule has 3 rings (SSSR count). The molecule has 0 unspecified atom stereocenters. The maximum absolute atomic E-state index is 12.4. The molecule has 0 saturated carbocycles. The van der Waals surface area contributed by atoms with Gasteiger partial charge in [0, 0.05) is 19.3 Å². The largest absolute Gasteiger partial charge is 0.494 e. The van der Waals surface area contributed by atoms with Gasteiger partial charge in [-0.05, 0) is 64.3 Å². The molecule has 0 fully saturated rings. The molecule has 156 valence electrons. The predicted molar refractivity (Wildman–Crippen MR) is 119 cm³/mol. The third-order valence-corrected chi connectivity index (χ3v) is 4.87. The Morgan fingerprint density at radius 2 is 1.77 bits per heavy atom. The molecule has 1 N–H and O–H groups in total. The monoisotopic (exact) mass is 470 g/mol. The molecular formula is C23H23BrN2O4. The van der Waals surface area contributed by atoms with Gasteiger partial charge in [-0.1, -0.05) is 30.3 Å². The van der Waals surface area contributed by atoms with Gasteiger partial charge >= 0.3 is 0 Å². The molecule has 1 heterocycles. The highest BCUT2D eigenvalue weighted by Crippen LogP contribution is 2.17. The number of benzene rings is 2. The summed E-state index contributed by atoms with van der Waals surface area (Å²) in [7, 11) is 1.79. The van der Waals surface area contributed by atoms with E-state index in [9.17, 15) is 9.59 Å². The zero-order valence-corrected chi connectivity index (χ0v) is 18.2. The number of nitrogens with one attached hydrogen (secondary N) is 1. The van der Waals surface area contributed by atoms with Crippen molar-refractivity contribution in [1.82, 2.24) is 4.90 Å². The van der Waals surface area contributed by atoms with Gasteiger partial charge in [0.25, 0.3) is 5.91 Å². The van der Waals surface area contributed by atoms with Crippen molar-refractivity contribution < 1.29 is 18.7 Å². The second kappa shape index (κ2) is 10.6. The first-order chi connectivity index (χ1) is 14.5. The molecule has 6 nitrogen and oxygen atoms in total. The van der Waals surface area contributed by atoms with E-state index in [1.54, 1.807) is 36.2 Å². The smallest absolute Gasteiger partial charge is 0.291 e. The zero-order valence-electron chi connectivity index (χ0n) is 16.6. The highest BCUT2D eigenvalue weighted by Gasteiger charge is 2.12. The molecule has 2 aromatic carbocycles. The van der Waals surface area contributed by atoms with Crippen molar-refractivity contribution >= 4 is 33.4 Å². The van der Waals surface area contributed by atoms with Crippen LogP contribution in [0.4, 0.5) is 5.69 Å². The molecule has 3 aromatic rings. The lowest BCUT2D eigenvalue weighted by atomic mass is 10.1. The predicted octanol–water partition coefficient (Wildman–Crippen LogP) is 4.76. The molecule has 30 heavy (non-hydrogen) atoms. The molecule has 0 spiro atoms. The molecule has 0 atom stereocenters. The fourth-order valence-corrected chi connectivity index (χ4v) is 3.08. The molecule has 0 aliphatic rings. The maximum atomic E-state index is 12.4. The summed E-state index contributed by atoms with van der Waals surface area (Å²) in [6.07, 6.45) is 1.06. The normalized spacial score (nSPS) is 10.5. The van der Waals surface area contributed by atoms with Crippen LogP contribution in [0.25, 0.3) is 0 Å². The van der Waals surface area contributed by atoms with Crippen molar-refractivity contribution in [3.05, 3.63) is 82.7 Å². The van der Waals surface area contributed by atoms with Gasteiger partial charge in [-0.2, -0.15) is 0 Å². The van der Waals surface area contributed by atoms with E-state index in [-0.39, 0.29) is 17.6 Å². The van der Waals surface area contributed by atoms with E-state index in [0.717, 1.165) is 17.7 Å². The van der Waals surface area contributed by atoms with Gasteiger partial charge in [-0.25, -0.2) is 0 Å². The Morgan fingerprint density at radius 1 is 1.03 bits per heavy atom. The van der Waals surface area contributed by atoms with E-state index >= 15 is 0 Å². The number of nitrogens with zero attached hydrogens (tertiary/aromatic N) is 1. The zero-order chi connectivity index (χ0) is 21.3. The van der Waals surface area contributed by atoms with Crippen molar-refractivity contribution in [3.63, 3.8) is 0 Å². The second-order valence-corrected chi connectivity index (χ2v) is 7.54. The summed E-state index contributed by atoms with van der Waals surface area (Å²) in [5, 5.41) is 2.76. The Morgan fingerprint density at radius 3 is 2.43 bits per heavy atom. The summed E-state index contributed by atoms with van der Waals surface area (Å²) >= 11 is 3.17. The molecule has 7 heteroatoms. The summed E-state index contributed by atoms with van der Waals surface area (Å²) in [5.41, 5.74) is 1.52. The highest BCUT2D eigenvalue weighted by atomic mass is 79.9. The summed E-state index contributed by atoms with van der Waals surface area (Å²) in [4.78, 5) is 26.2. The van der Waals surface area contributed by atoms with Crippen molar-refractivity contribution in [1.29, 1.82) is 0 Å². The van der Waals surface area contributed by atoms with Crippen molar-refractivity contribution in [3.8, 4) is 5.75 Å². The number of likely N-dealkylation sites (N-methyl/N-ethyl adjacent to an activating group) is 1. The summed E-state index contributed by atoms with van der Waals surface area (Å²) in [5.74, 6) is 0.756. The van der Waals surface area contributed by atoms with Crippen LogP contribution in [0.3, 0.4) is 0 Å². The Kier molecular flexibility index (Phi) is 7.68. The van der Waals surface area contributed by atoms with Crippen LogP contribution in [0.1, 0.15) is 22.5 Å². The number of hydrogen-bond donors (Lipinski definition) is 1. The van der Waals surface area contributed by atoms with Crippen LogP contribution < -0.4 is 10.1 Å². The van der Waals surface area contributed by atoms with Gasteiger partial charge in [-0.15, -0.1) is 0 Å². The van der Waals surface area contributed by atoms with E-state index < -0.39 is 0 Å². The summed E-state index contributed by atoms with van der Waals surface area (Å²) in [6, 6.07) is 20.1. The fraction of sp³-hybridized carbons (Fsp3) is 0.217. The number of furan rings is 1. The first-order valence-electron chi connectivity index (χ1n) is 9.59. The van der Waals surface area contributed by atoms with E-state index in [2.05, 4.69) is 21.2 Å². The Balaban J connectivity index is 1.41. The molecule has 0 radical (unpaired) electrons. The van der Waals surface area contributed by atoms with Crippen LogP contribution in [-0.2, 0) is 11.2 Å². The van der Waals surface area contributed by atoms with Crippen molar-refractivity contribution in [2.45, 2.75) is 12.8 Å². The summed E-state index contributed by atoms with van der Waals surface area (Å²) < 4.78 is 11.4. The Bertz CT molecular complexity index is 970. The third-order valence-electron chi connectivity index (χ3n) is 4.44. The molecule has 0 aliphatic carbocycles. The highest BCUT2D eigenvalue weighted by molar-refractivity contribution is 9.10. The van der Waals surface area contributed by atoms with Crippen LogP contribution in [-0.4, -0.2) is 36.9 Å². The van der Waals surface area contributed by atoms with Gasteiger partial charge in [-0.3, -0.25) is 9.59 Å². The van der Waals surface area contributed by atoms with Crippen molar-refractivity contribution in [2.75, 3.05) is 25.5 Å². The lowest BCUT2D eigenvalue weighted by molar-refractivity contribution is -0.129. The molecule has 0 saturated heterocycles. The van der Waals surface area contributed by atoms with E-state index in [1.165, 1.54) is 0 Å². The number of carbonyl (C=O) groups is 2. The average Bonchev–Trinajstić information content (AvgIpc) is 3.19. The van der Waals surface area contributed by atoms with Gasteiger partial charge in [0.15, 0.2) is 10.4 Å². The van der Waals surface area contributed by atoms with Gasteiger partial charge in [0.1, 0.15) is 5.75 Å². The Hall–Kier alpha value is -3.06. The van der Waals surface area contributed by atoms with Crippen LogP contribution in [0.15, 0.2) is 75.8 Å². The van der Waals surface area contributed by atoms with Crippen LogP contribution >= 0.6 is 15.9 Å². The molecular weight excluding hydrogens is 448 g/mol. The second-order valence-electron chi connectivity index (χ2n) is 6.76. The van der Waals surface area contributed by atoms with Gasteiger partial charge in [0.05, 0.1) is 13.0 Å². The minimum Gasteiger partial charge on any atom is -0.494 e. The first-order valence-corrected chi connectivity index (χ1v) is 10.4. The average molecular weight is 471 g/mol. The summed E-state index contributed by atoms with van der Waals surface area (Å²) in [6.45, 7) is 1.18. The van der Waals surface area contributed by atoms with Crippen molar-refractivity contribution in [2.24, 2.45) is 0 Å². The standard InChI is InChI=1S/C23H23BrN2O4/c1-26(14-5-15-29-19-6-3-2-4-7-19)22(27)16-17-8-10-18(11-9-17)25-23(28)20-12-13-21(24)30-20/h2-4,6-13H,5,14-16H2,1H3,(H,25,28). The van der Waals surface area contributed by atoms with Crippen LogP contribution in [0, 0.1) is 0 Å². The lowest BCUT2D eigenvalue weighted by Gasteiger charge is -2.17. The maximum Gasteiger partial charge on any atom is 0.291 e. The lowest BCUT2D eigenvalue weighted by Crippen LogP contribution is -2.30. The number of carbonyl (C=O) groups excluding carboxylic acids is 2. The number of para-hydroxylation sites is 1. The number of rotatable bonds is 9.